The number of hydrazone groups is 1. The average molecular weight is 396 g/mol. The van der Waals surface area contributed by atoms with E-state index in [0.717, 1.165) is 11.8 Å². The van der Waals surface area contributed by atoms with Crippen LogP contribution in [0.1, 0.15) is 17.0 Å². The number of carbonyl (C=O) groups is 2. The molecule has 3 rings (SSSR count). The molecule has 2 N–H and O–H groups in total. The number of nitrogens with zero attached hydrogens (tertiary/aromatic N) is 2. The van der Waals surface area contributed by atoms with Crippen molar-refractivity contribution in [2.24, 2.45) is 5.10 Å². The summed E-state index contributed by atoms with van der Waals surface area (Å²) < 4.78 is 29.4. The van der Waals surface area contributed by atoms with Gasteiger partial charge in [0.1, 0.15) is 11.6 Å². The van der Waals surface area contributed by atoms with Gasteiger partial charge >= 0.3 is 11.8 Å². The number of carbonyl (C=O) groups excluding carboxylic acids is 2. The standard InChI is InChI=1S/C21H18F2N4O2/c1-13-11-15(14(2)27(13)19-10-6-4-8-17(19)23)12-24-26-21(29)20(28)25-18-9-5-3-7-16(18)22/h3-12H,1-2H3,(H,25,28)(H,26,29)/b24-12-. The minimum Gasteiger partial charge on any atom is -0.315 e. The minimum atomic E-state index is -1.05. The quantitative estimate of drug-likeness (QED) is 0.403. The van der Waals surface area contributed by atoms with Crippen molar-refractivity contribution >= 4 is 23.7 Å². The smallest absolute Gasteiger partial charge is 0.315 e. The highest BCUT2D eigenvalue weighted by atomic mass is 19.1. The molecule has 0 spiro atoms. The number of nitrogens with one attached hydrogen (secondary N) is 2. The van der Waals surface area contributed by atoms with E-state index in [0.29, 0.717) is 16.9 Å². The van der Waals surface area contributed by atoms with Gasteiger partial charge in [0.25, 0.3) is 0 Å². The first-order valence-corrected chi connectivity index (χ1v) is 8.71. The number of aromatic nitrogens is 1. The van der Waals surface area contributed by atoms with E-state index in [1.807, 2.05) is 6.92 Å². The monoisotopic (exact) mass is 396 g/mol. The van der Waals surface area contributed by atoms with Gasteiger partial charge < -0.3 is 9.88 Å². The summed E-state index contributed by atoms with van der Waals surface area (Å²) in [5, 5.41) is 5.94. The van der Waals surface area contributed by atoms with Crippen molar-refractivity contribution in [3.8, 4) is 5.69 Å². The number of amides is 2. The van der Waals surface area contributed by atoms with Crippen LogP contribution >= 0.6 is 0 Å². The highest BCUT2D eigenvalue weighted by Gasteiger charge is 2.15. The van der Waals surface area contributed by atoms with Crippen LogP contribution in [0.5, 0.6) is 0 Å². The van der Waals surface area contributed by atoms with Crippen molar-refractivity contribution < 1.29 is 18.4 Å². The molecule has 0 aliphatic heterocycles. The fourth-order valence-electron chi connectivity index (χ4n) is 2.87. The summed E-state index contributed by atoms with van der Waals surface area (Å²) >= 11 is 0. The largest absolute Gasteiger partial charge is 0.329 e. The first-order valence-electron chi connectivity index (χ1n) is 8.71. The van der Waals surface area contributed by atoms with Crippen LogP contribution < -0.4 is 10.7 Å². The maximum Gasteiger partial charge on any atom is 0.329 e. The normalized spacial score (nSPS) is 10.9. The lowest BCUT2D eigenvalue weighted by molar-refractivity contribution is -0.136. The van der Waals surface area contributed by atoms with Crippen LogP contribution in [0.3, 0.4) is 0 Å². The van der Waals surface area contributed by atoms with Gasteiger partial charge in [-0.15, -0.1) is 0 Å². The fourth-order valence-corrected chi connectivity index (χ4v) is 2.87. The van der Waals surface area contributed by atoms with Crippen LogP contribution in [0.25, 0.3) is 5.69 Å². The zero-order valence-corrected chi connectivity index (χ0v) is 15.7. The number of aryl methyl sites for hydroxylation is 1. The van der Waals surface area contributed by atoms with E-state index in [2.05, 4.69) is 15.8 Å². The van der Waals surface area contributed by atoms with Crippen molar-refractivity contribution in [2.75, 3.05) is 5.32 Å². The second-order valence-electron chi connectivity index (χ2n) is 6.25. The van der Waals surface area contributed by atoms with E-state index in [4.69, 9.17) is 0 Å². The lowest BCUT2D eigenvalue weighted by Crippen LogP contribution is -2.32. The number of para-hydroxylation sites is 2. The third-order valence-corrected chi connectivity index (χ3v) is 4.26. The Morgan fingerprint density at radius 3 is 2.31 bits per heavy atom. The first kappa shape index (κ1) is 19.9. The SMILES string of the molecule is Cc1cc(/C=N\NC(=O)C(=O)Nc2ccccc2F)c(C)n1-c1ccccc1F. The summed E-state index contributed by atoms with van der Waals surface area (Å²) in [5.41, 5.74) is 4.51. The predicted octanol–water partition coefficient (Wildman–Crippen LogP) is 3.46. The van der Waals surface area contributed by atoms with E-state index in [-0.39, 0.29) is 11.5 Å². The molecule has 0 saturated heterocycles. The topological polar surface area (TPSA) is 75.5 Å². The second-order valence-corrected chi connectivity index (χ2v) is 6.25. The van der Waals surface area contributed by atoms with Crippen LogP contribution in [0.15, 0.2) is 59.7 Å². The lowest BCUT2D eigenvalue weighted by Gasteiger charge is -2.10. The van der Waals surface area contributed by atoms with Gasteiger partial charge in [-0.05, 0) is 44.2 Å². The first-order chi connectivity index (χ1) is 13.9. The molecule has 1 heterocycles. The molecule has 6 nitrogen and oxygen atoms in total. The van der Waals surface area contributed by atoms with Crippen molar-refractivity contribution in [1.29, 1.82) is 0 Å². The van der Waals surface area contributed by atoms with E-state index in [1.165, 1.54) is 30.5 Å². The molecule has 3 aromatic rings. The Kier molecular flexibility index (Phi) is 5.82. The number of hydrogen-bond acceptors (Lipinski definition) is 3. The fraction of sp³-hybridized carbons (Fsp3) is 0.0952. The highest BCUT2D eigenvalue weighted by molar-refractivity contribution is 6.39. The molecule has 0 radical (unpaired) electrons. The van der Waals surface area contributed by atoms with Gasteiger partial charge in [0.05, 0.1) is 17.6 Å². The number of benzene rings is 2. The maximum atomic E-state index is 14.1. The van der Waals surface area contributed by atoms with Crippen LogP contribution in [0.4, 0.5) is 14.5 Å². The average Bonchev–Trinajstić information content (AvgIpc) is 2.97. The van der Waals surface area contributed by atoms with Gasteiger partial charge in [-0.25, -0.2) is 14.2 Å². The third kappa shape index (κ3) is 4.37. The number of halogens is 2. The molecular weight excluding hydrogens is 378 g/mol. The zero-order chi connectivity index (χ0) is 21.0. The minimum absolute atomic E-state index is 0.106. The summed E-state index contributed by atoms with van der Waals surface area (Å²) in [5.74, 6) is -3.12. The predicted molar refractivity (Wildman–Crippen MR) is 106 cm³/mol. The van der Waals surface area contributed by atoms with Crippen molar-refractivity contribution in [3.63, 3.8) is 0 Å². The Bertz CT molecular complexity index is 1110. The van der Waals surface area contributed by atoms with E-state index in [9.17, 15) is 18.4 Å². The second kappa shape index (κ2) is 8.47. The molecule has 8 heteroatoms. The Balaban J connectivity index is 1.70. The molecule has 29 heavy (non-hydrogen) atoms. The molecule has 0 fully saturated rings. The third-order valence-electron chi connectivity index (χ3n) is 4.26. The molecule has 0 aliphatic carbocycles. The van der Waals surface area contributed by atoms with Crippen molar-refractivity contribution in [1.82, 2.24) is 9.99 Å². The molecule has 0 atom stereocenters. The summed E-state index contributed by atoms with van der Waals surface area (Å²) in [6.45, 7) is 3.60. The molecule has 0 bridgehead atoms. The number of rotatable bonds is 4. The van der Waals surface area contributed by atoms with Gasteiger partial charge in [-0.1, -0.05) is 24.3 Å². The molecule has 2 aromatic carbocycles. The van der Waals surface area contributed by atoms with Crippen LogP contribution in [0.2, 0.25) is 0 Å². The lowest BCUT2D eigenvalue weighted by atomic mass is 10.2. The van der Waals surface area contributed by atoms with Gasteiger partial charge in [-0.3, -0.25) is 9.59 Å². The van der Waals surface area contributed by atoms with Crippen LogP contribution in [-0.4, -0.2) is 22.6 Å². The summed E-state index contributed by atoms with van der Waals surface area (Å²) in [4.78, 5) is 23.7. The number of hydrogen-bond donors (Lipinski definition) is 2. The molecule has 0 aliphatic rings. The maximum absolute atomic E-state index is 14.1. The highest BCUT2D eigenvalue weighted by Crippen LogP contribution is 2.21. The molecule has 1 aromatic heterocycles. The number of anilines is 1. The van der Waals surface area contributed by atoms with Crippen LogP contribution in [0, 0.1) is 25.5 Å². The van der Waals surface area contributed by atoms with Gasteiger partial charge in [0.2, 0.25) is 0 Å². The van der Waals surface area contributed by atoms with E-state index in [1.54, 1.807) is 35.8 Å². The zero-order valence-electron chi connectivity index (χ0n) is 15.7. The van der Waals surface area contributed by atoms with Crippen LogP contribution in [-0.2, 0) is 9.59 Å². The molecule has 0 unspecified atom stereocenters. The molecule has 2 amide bonds. The van der Waals surface area contributed by atoms with Gasteiger partial charge in [0.15, 0.2) is 0 Å². The molecular formula is C21H18F2N4O2. The van der Waals surface area contributed by atoms with Gasteiger partial charge in [-0.2, -0.15) is 5.10 Å². The van der Waals surface area contributed by atoms with Crippen molar-refractivity contribution in [2.45, 2.75) is 13.8 Å². The summed E-state index contributed by atoms with van der Waals surface area (Å²) in [6.07, 6.45) is 1.36. The Morgan fingerprint density at radius 1 is 0.966 bits per heavy atom. The Labute approximate surface area is 165 Å². The summed E-state index contributed by atoms with van der Waals surface area (Å²) in [6, 6.07) is 13.6. The summed E-state index contributed by atoms with van der Waals surface area (Å²) in [7, 11) is 0. The Morgan fingerprint density at radius 2 is 1.62 bits per heavy atom. The van der Waals surface area contributed by atoms with E-state index < -0.39 is 17.6 Å². The van der Waals surface area contributed by atoms with E-state index >= 15 is 0 Å². The van der Waals surface area contributed by atoms with Crippen molar-refractivity contribution in [3.05, 3.63) is 83.2 Å². The molecule has 148 valence electrons. The Hall–Kier alpha value is -3.81. The van der Waals surface area contributed by atoms with Gasteiger partial charge in [0, 0.05) is 17.0 Å². The molecule has 0 saturated carbocycles.